The SMILES string of the molecule is CN1CCCC1COc1nc(N)ccc1Cl. The van der Waals surface area contributed by atoms with E-state index in [-0.39, 0.29) is 0 Å². The van der Waals surface area contributed by atoms with Crippen LogP contribution in [0.2, 0.25) is 5.02 Å². The fraction of sp³-hybridized carbons (Fsp3) is 0.545. The van der Waals surface area contributed by atoms with Gasteiger partial charge in [-0.3, -0.25) is 0 Å². The van der Waals surface area contributed by atoms with Gasteiger partial charge in [-0.25, -0.2) is 0 Å². The van der Waals surface area contributed by atoms with E-state index in [0.717, 1.165) is 13.0 Å². The van der Waals surface area contributed by atoms with E-state index < -0.39 is 0 Å². The average molecular weight is 242 g/mol. The molecule has 4 nitrogen and oxygen atoms in total. The molecule has 1 aromatic heterocycles. The van der Waals surface area contributed by atoms with Crippen molar-refractivity contribution in [2.24, 2.45) is 0 Å². The summed E-state index contributed by atoms with van der Waals surface area (Å²) in [6.45, 7) is 1.75. The summed E-state index contributed by atoms with van der Waals surface area (Å²) in [5.74, 6) is 0.862. The van der Waals surface area contributed by atoms with Crippen LogP contribution in [0.25, 0.3) is 0 Å². The lowest BCUT2D eigenvalue weighted by Gasteiger charge is -2.19. The van der Waals surface area contributed by atoms with Gasteiger partial charge < -0.3 is 15.4 Å². The van der Waals surface area contributed by atoms with Crippen molar-refractivity contribution in [1.82, 2.24) is 9.88 Å². The number of likely N-dealkylation sites (N-methyl/N-ethyl adjacent to an activating group) is 1. The summed E-state index contributed by atoms with van der Waals surface area (Å²) in [4.78, 5) is 6.36. The van der Waals surface area contributed by atoms with E-state index in [0.29, 0.717) is 29.4 Å². The number of anilines is 1. The van der Waals surface area contributed by atoms with E-state index >= 15 is 0 Å². The third-order valence-electron chi connectivity index (χ3n) is 2.92. The third-order valence-corrected chi connectivity index (χ3v) is 3.21. The van der Waals surface area contributed by atoms with Crippen molar-refractivity contribution in [1.29, 1.82) is 0 Å². The van der Waals surface area contributed by atoms with Gasteiger partial charge in [0.2, 0.25) is 5.88 Å². The lowest BCUT2D eigenvalue weighted by Crippen LogP contribution is -2.30. The van der Waals surface area contributed by atoms with Gasteiger partial charge in [-0.2, -0.15) is 4.98 Å². The van der Waals surface area contributed by atoms with E-state index in [1.165, 1.54) is 6.42 Å². The second-order valence-electron chi connectivity index (χ2n) is 4.11. The van der Waals surface area contributed by atoms with Crippen LogP contribution in [-0.2, 0) is 0 Å². The number of ether oxygens (including phenoxy) is 1. The standard InChI is InChI=1S/C11H16ClN3O/c1-15-6-2-3-8(15)7-16-11-9(12)4-5-10(13)14-11/h4-5,8H,2-3,6-7H2,1H3,(H2,13,14). The largest absolute Gasteiger partial charge is 0.475 e. The molecule has 2 heterocycles. The maximum Gasteiger partial charge on any atom is 0.234 e. The molecule has 1 aliphatic heterocycles. The number of pyridine rings is 1. The lowest BCUT2D eigenvalue weighted by molar-refractivity contribution is 0.193. The first kappa shape index (κ1) is 11.5. The smallest absolute Gasteiger partial charge is 0.234 e. The summed E-state index contributed by atoms with van der Waals surface area (Å²) >= 11 is 5.96. The molecule has 1 unspecified atom stereocenters. The Kier molecular flexibility index (Phi) is 3.51. The van der Waals surface area contributed by atoms with Gasteiger partial charge in [0, 0.05) is 6.04 Å². The van der Waals surface area contributed by atoms with Crippen LogP contribution in [0.4, 0.5) is 5.82 Å². The molecule has 16 heavy (non-hydrogen) atoms. The Morgan fingerprint density at radius 2 is 2.44 bits per heavy atom. The molecule has 0 spiro atoms. The summed E-state index contributed by atoms with van der Waals surface area (Å²) < 4.78 is 5.61. The van der Waals surface area contributed by atoms with Crippen molar-refractivity contribution in [3.63, 3.8) is 0 Å². The van der Waals surface area contributed by atoms with Crippen molar-refractivity contribution in [3.8, 4) is 5.88 Å². The molecule has 88 valence electrons. The molecule has 1 aromatic rings. The fourth-order valence-corrected chi connectivity index (χ4v) is 2.06. The van der Waals surface area contributed by atoms with Crippen molar-refractivity contribution >= 4 is 17.4 Å². The summed E-state index contributed by atoms with van der Waals surface area (Å²) in [5.41, 5.74) is 5.58. The van der Waals surface area contributed by atoms with E-state index in [9.17, 15) is 0 Å². The quantitative estimate of drug-likeness (QED) is 0.877. The predicted molar refractivity (Wildman–Crippen MR) is 64.8 cm³/mol. The number of nitrogen functional groups attached to an aromatic ring is 1. The Morgan fingerprint density at radius 3 is 3.12 bits per heavy atom. The maximum absolute atomic E-state index is 5.96. The Labute approximate surface area is 100 Å². The molecule has 0 bridgehead atoms. The molecule has 1 saturated heterocycles. The summed E-state index contributed by atoms with van der Waals surface area (Å²) in [7, 11) is 2.11. The number of rotatable bonds is 3. The van der Waals surface area contributed by atoms with Gasteiger partial charge in [0.1, 0.15) is 17.4 Å². The number of aromatic nitrogens is 1. The normalized spacial score (nSPS) is 21.2. The average Bonchev–Trinajstić information content (AvgIpc) is 2.66. The first-order valence-electron chi connectivity index (χ1n) is 5.42. The summed E-state index contributed by atoms with van der Waals surface area (Å²) in [6.07, 6.45) is 2.39. The highest BCUT2D eigenvalue weighted by Gasteiger charge is 2.21. The van der Waals surface area contributed by atoms with Crippen LogP contribution in [0, 0.1) is 0 Å². The first-order valence-corrected chi connectivity index (χ1v) is 5.79. The molecule has 0 aliphatic carbocycles. The van der Waals surface area contributed by atoms with Crippen LogP contribution < -0.4 is 10.5 Å². The molecule has 0 aromatic carbocycles. The molecular weight excluding hydrogens is 226 g/mol. The number of hydrogen-bond acceptors (Lipinski definition) is 4. The van der Waals surface area contributed by atoms with Gasteiger partial charge in [0.05, 0.1) is 0 Å². The van der Waals surface area contributed by atoms with Crippen LogP contribution >= 0.6 is 11.6 Å². The minimum atomic E-state index is 0.430. The van der Waals surface area contributed by atoms with Gasteiger partial charge in [0.15, 0.2) is 0 Å². The van der Waals surface area contributed by atoms with Crippen molar-refractivity contribution in [2.75, 3.05) is 25.9 Å². The minimum Gasteiger partial charge on any atom is -0.475 e. The molecule has 0 radical (unpaired) electrons. The van der Waals surface area contributed by atoms with Crippen LogP contribution in [0.1, 0.15) is 12.8 Å². The zero-order chi connectivity index (χ0) is 11.5. The van der Waals surface area contributed by atoms with E-state index in [4.69, 9.17) is 22.1 Å². The molecule has 2 N–H and O–H groups in total. The van der Waals surface area contributed by atoms with Gasteiger partial charge in [-0.05, 0) is 38.6 Å². The van der Waals surface area contributed by atoms with Crippen molar-refractivity contribution in [3.05, 3.63) is 17.2 Å². The molecule has 1 fully saturated rings. The second-order valence-corrected chi connectivity index (χ2v) is 4.52. The summed E-state index contributed by atoms with van der Waals surface area (Å²) in [6, 6.07) is 3.83. The van der Waals surface area contributed by atoms with Crippen molar-refractivity contribution in [2.45, 2.75) is 18.9 Å². The van der Waals surface area contributed by atoms with Gasteiger partial charge in [-0.1, -0.05) is 11.6 Å². The van der Waals surface area contributed by atoms with Gasteiger partial charge >= 0.3 is 0 Å². The number of hydrogen-bond donors (Lipinski definition) is 1. The first-order chi connectivity index (χ1) is 7.66. The van der Waals surface area contributed by atoms with Crippen LogP contribution in [0.5, 0.6) is 5.88 Å². The molecule has 5 heteroatoms. The Bertz CT molecular complexity index is 372. The summed E-state index contributed by atoms with van der Waals surface area (Å²) in [5, 5.41) is 0.509. The monoisotopic (exact) mass is 241 g/mol. The molecule has 1 atom stereocenters. The molecular formula is C11H16ClN3O. The number of likely N-dealkylation sites (tertiary alicyclic amines) is 1. The number of halogens is 1. The lowest BCUT2D eigenvalue weighted by atomic mass is 10.2. The Balaban J connectivity index is 1.96. The number of nitrogens with two attached hydrogens (primary N) is 1. The Morgan fingerprint density at radius 1 is 1.62 bits per heavy atom. The fourth-order valence-electron chi connectivity index (χ4n) is 1.90. The molecule has 0 amide bonds. The topological polar surface area (TPSA) is 51.4 Å². The highest BCUT2D eigenvalue weighted by Crippen LogP contribution is 2.24. The third kappa shape index (κ3) is 2.57. The zero-order valence-electron chi connectivity index (χ0n) is 9.32. The van der Waals surface area contributed by atoms with E-state index in [1.54, 1.807) is 12.1 Å². The van der Waals surface area contributed by atoms with E-state index in [2.05, 4.69) is 16.9 Å². The van der Waals surface area contributed by atoms with Crippen LogP contribution in [0.3, 0.4) is 0 Å². The molecule has 2 rings (SSSR count). The van der Waals surface area contributed by atoms with Gasteiger partial charge in [0.25, 0.3) is 0 Å². The zero-order valence-corrected chi connectivity index (χ0v) is 10.1. The van der Waals surface area contributed by atoms with Crippen molar-refractivity contribution < 1.29 is 4.74 Å². The van der Waals surface area contributed by atoms with Gasteiger partial charge in [-0.15, -0.1) is 0 Å². The van der Waals surface area contributed by atoms with Crippen LogP contribution in [0.15, 0.2) is 12.1 Å². The Hall–Kier alpha value is -1.00. The highest BCUT2D eigenvalue weighted by molar-refractivity contribution is 6.31. The molecule has 1 aliphatic rings. The molecule has 0 saturated carbocycles. The van der Waals surface area contributed by atoms with E-state index in [1.807, 2.05) is 0 Å². The van der Waals surface area contributed by atoms with Crippen LogP contribution in [-0.4, -0.2) is 36.1 Å². The second kappa shape index (κ2) is 4.89. The highest BCUT2D eigenvalue weighted by atomic mass is 35.5. The minimum absolute atomic E-state index is 0.430. The number of nitrogens with zero attached hydrogens (tertiary/aromatic N) is 2. The predicted octanol–water partition coefficient (Wildman–Crippen LogP) is 1.79. The maximum atomic E-state index is 5.96.